The summed E-state index contributed by atoms with van der Waals surface area (Å²) in [4.78, 5) is 25.8. The Balaban J connectivity index is 1.99. The molecular weight excluding hydrogens is 324 g/mol. The Morgan fingerprint density at radius 1 is 1.12 bits per heavy atom. The van der Waals surface area contributed by atoms with Crippen LogP contribution in [0.3, 0.4) is 0 Å². The van der Waals surface area contributed by atoms with Crippen LogP contribution in [0.2, 0.25) is 0 Å². The minimum atomic E-state index is -0.685. The Morgan fingerprint density at radius 3 is 2.46 bits per heavy atom. The van der Waals surface area contributed by atoms with Crippen molar-refractivity contribution in [2.24, 2.45) is 5.73 Å². The molecule has 1 aliphatic carbocycles. The van der Waals surface area contributed by atoms with Gasteiger partial charge in [0.15, 0.2) is 11.5 Å². The molecule has 0 radical (unpaired) electrons. The van der Waals surface area contributed by atoms with Gasteiger partial charge in [0, 0.05) is 11.1 Å². The highest BCUT2D eigenvalue weighted by Gasteiger charge is 2.43. The Kier molecular flexibility index (Phi) is 3.12. The smallest absolute Gasteiger partial charge is 0.229 e. The van der Waals surface area contributed by atoms with Crippen LogP contribution in [0.4, 0.5) is 0 Å². The number of nitrogens with zero attached hydrogens (tertiary/aromatic N) is 1. The third kappa shape index (κ3) is 1.85. The Labute approximate surface area is 141 Å². The predicted octanol–water partition coefficient (Wildman–Crippen LogP) is 2.89. The van der Waals surface area contributed by atoms with Gasteiger partial charge in [0.25, 0.3) is 0 Å². The maximum absolute atomic E-state index is 13.0. The van der Waals surface area contributed by atoms with Crippen LogP contribution in [0.25, 0.3) is 0 Å². The second-order valence-electron chi connectivity index (χ2n) is 5.43. The van der Waals surface area contributed by atoms with Crippen molar-refractivity contribution in [3.05, 3.63) is 80.6 Å². The second-order valence-corrected chi connectivity index (χ2v) is 6.21. The maximum Gasteiger partial charge on any atom is 0.229 e. The van der Waals surface area contributed by atoms with Crippen molar-refractivity contribution in [2.75, 3.05) is 0 Å². The first kappa shape index (κ1) is 14.4. The SMILES string of the molecule is N#CC1=C(N)OC2=C(C(=O)c3ccccc3C2=O)[C@@H]1c1ccsc1. The number of nitrogens with two attached hydrogens (primary N) is 1. The number of rotatable bonds is 1. The highest BCUT2D eigenvalue weighted by molar-refractivity contribution is 7.08. The number of allylic oxidation sites excluding steroid dienone is 3. The van der Waals surface area contributed by atoms with Gasteiger partial charge in [0.05, 0.1) is 11.5 Å². The lowest BCUT2D eigenvalue weighted by Crippen LogP contribution is -2.32. The molecule has 0 unspecified atom stereocenters. The Hall–Kier alpha value is -3.17. The molecule has 116 valence electrons. The molecule has 2 heterocycles. The van der Waals surface area contributed by atoms with Crippen LogP contribution < -0.4 is 5.73 Å². The van der Waals surface area contributed by atoms with Gasteiger partial charge in [-0.2, -0.15) is 16.6 Å². The highest BCUT2D eigenvalue weighted by Crippen LogP contribution is 2.44. The van der Waals surface area contributed by atoms with Crippen molar-refractivity contribution in [1.82, 2.24) is 0 Å². The zero-order valence-electron chi connectivity index (χ0n) is 12.3. The molecule has 1 aromatic carbocycles. The number of ether oxygens (including phenoxy) is 1. The largest absolute Gasteiger partial charge is 0.436 e. The summed E-state index contributed by atoms with van der Waals surface area (Å²) in [5.41, 5.74) is 7.55. The summed E-state index contributed by atoms with van der Waals surface area (Å²) in [6.07, 6.45) is 0. The molecule has 2 aliphatic rings. The molecular formula is C18H10N2O3S. The molecule has 6 heteroatoms. The van der Waals surface area contributed by atoms with Crippen LogP contribution >= 0.6 is 11.3 Å². The number of ketones is 2. The number of fused-ring (bicyclic) bond motifs is 1. The van der Waals surface area contributed by atoms with E-state index in [1.165, 1.54) is 11.3 Å². The van der Waals surface area contributed by atoms with Crippen molar-refractivity contribution >= 4 is 22.9 Å². The molecule has 1 atom stereocenters. The number of benzene rings is 1. The number of nitriles is 1. The van der Waals surface area contributed by atoms with E-state index in [2.05, 4.69) is 0 Å². The fourth-order valence-corrected chi connectivity index (χ4v) is 3.77. The van der Waals surface area contributed by atoms with Crippen molar-refractivity contribution in [3.8, 4) is 6.07 Å². The number of hydrogen-bond acceptors (Lipinski definition) is 6. The zero-order chi connectivity index (χ0) is 16.8. The molecule has 1 aliphatic heterocycles. The number of carbonyl (C=O) groups is 2. The maximum atomic E-state index is 13.0. The van der Waals surface area contributed by atoms with Gasteiger partial charge in [-0.05, 0) is 22.4 Å². The molecule has 0 saturated carbocycles. The summed E-state index contributed by atoms with van der Waals surface area (Å²) in [5, 5.41) is 13.2. The zero-order valence-corrected chi connectivity index (χ0v) is 13.1. The number of thiophene rings is 1. The van der Waals surface area contributed by atoms with Crippen LogP contribution in [0.1, 0.15) is 32.2 Å². The summed E-state index contributed by atoms with van der Waals surface area (Å²) in [6.45, 7) is 0. The van der Waals surface area contributed by atoms with Crippen LogP contribution in [-0.2, 0) is 4.74 Å². The van der Waals surface area contributed by atoms with Gasteiger partial charge in [0.2, 0.25) is 11.7 Å². The first-order chi connectivity index (χ1) is 11.6. The lowest BCUT2D eigenvalue weighted by molar-refractivity contribution is 0.0897. The fraction of sp³-hybridized carbons (Fsp3) is 0.0556. The highest BCUT2D eigenvalue weighted by atomic mass is 32.1. The molecule has 5 nitrogen and oxygen atoms in total. The van der Waals surface area contributed by atoms with Gasteiger partial charge < -0.3 is 10.5 Å². The van der Waals surface area contributed by atoms with Crippen LogP contribution in [0, 0.1) is 11.3 Å². The average Bonchev–Trinajstić information content (AvgIpc) is 3.13. The minimum Gasteiger partial charge on any atom is -0.436 e. The predicted molar refractivity (Wildman–Crippen MR) is 87.1 cm³/mol. The fourth-order valence-electron chi connectivity index (χ4n) is 3.08. The van der Waals surface area contributed by atoms with Crippen molar-refractivity contribution in [3.63, 3.8) is 0 Å². The topological polar surface area (TPSA) is 93.2 Å². The third-order valence-corrected chi connectivity index (χ3v) is 4.87. The van der Waals surface area contributed by atoms with Gasteiger partial charge in [0.1, 0.15) is 11.6 Å². The molecule has 2 N–H and O–H groups in total. The standard InChI is InChI=1S/C18H10N2O3S/c19-7-12-13(9-5-6-24-8-9)14-15(21)10-3-1-2-4-11(10)16(22)17(14)23-18(12)20/h1-6,8,13H,20H2/t13-/m1/s1. The number of carbonyl (C=O) groups excluding carboxylic acids is 2. The summed E-state index contributed by atoms with van der Waals surface area (Å²) in [5.74, 6) is -1.59. The van der Waals surface area contributed by atoms with Crippen LogP contribution in [0.5, 0.6) is 0 Å². The lowest BCUT2D eigenvalue weighted by Gasteiger charge is -2.30. The minimum absolute atomic E-state index is 0.0774. The normalized spacial score (nSPS) is 19.5. The summed E-state index contributed by atoms with van der Waals surface area (Å²) >= 11 is 1.44. The van der Waals surface area contributed by atoms with E-state index in [9.17, 15) is 14.9 Å². The van der Waals surface area contributed by atoms with Crippen LogP contribution in [-0.4, -0.2) is 11.6 Å². The van der Waals surface area contributed by atoms with Crippen molar-refractivity contribution in [2.45, 2.75) is 5.92 Å². The third-order valence-electron chi connectivity index (χ3n) is 4.16. The Bertz CT molecular complexity index is 994. The van der Waals surface area contributed by atoms with Gasteiger partial charge >= 0.3 is 0 Å². The van der Waals surface area contributed by atoms with Gasteiger partial charge in [-0.3, -0.25) is 9.59 Å². The summed E-state index contributed by atoms with van der Waals surface area (Å²) in [6, 6.07) is 10.4. The monoisotopic (exact) mass is 334 g/mol. The molecule has 4 rings (SSSR count). The average molecular weight is 334 g/mol. The summed E-state index contributed by atoms with van der Waals surface area (Å²) in [7, 11) is 0. The molecule has 0 spiro atoms. The van der Waals surface area contributed by atoms with E-state index in [4.69, 9.17) is 10.5 Å². The first-order valence-corrected chi connectivity index (χ1v) is 8.10. The molecule has 0 bridgehead atoms. The van der Waals surface area contributed by atoms with Gasteiger partial charge in [-0.15, -0.1) is 0 Å². The van der Waals surface area contributed by atoms with E-state index >= 15 is 0 Å². The van der Waals surface area contributed by atoms with E-state index in [0.29, 0.717) is 11.1 Å². The van der Waals surface area contributed by atoms with E-state index in [1.54, 1.807) is 24.3 Å². The molecule has 0 saturated heterocycles. The quantitative estimate of drug-likeness (QED) is 0.865. The molecule has 0 amide bonds. The van der Waals surface area contributed by atoms with E-state index in [1.807, 2.05) is 22.9 Å². The van der Waals surface area contributed by atoms with E-state index < -0.39 is 5.92 Å². The van der Waals surface area contributed by atoms with E-state index in [-0.39, 0.29) is 34.4 Å². The molecule has 1 aromatic heterocycles. The van der Waals surface area contributed by atoms with Crippen molar-refractivity contribution in [1.29, 1.82) is 5.26 Å². The molecule has 24 heavy (non-hydrogen) atoms. The Morgan fingerprint density at radius 2 is 1.83 bits per heavy atom. The summed E-state index contributed by atoms with van der Waals surface area (Å²) < 4.78 is 5.41. The number of Topliss-reactive ketones (excluding diaryl/α,β-unsaturated/α-hetero) is 2. The van der Waals surface area contributed by atoms with Gasteiger partial charge in [-0.1, -0.05) is 24.3 Å². The van der Waals surface area contributed by atoms with Crippen molar-refractivity contribution < 1.29 is 14.3 Å². The van der Waals surface area contributed by atoms with Gasteiger partial charge in [-0.25, -0.2) is 0 Å². The molecule has 0 fully saturated rings. The van der Waals surface area contributed by atoms with Crippen LogP contribution in [0.15, 0.2) is 63.9 Å². The number of hydrogen-bond donors (Lipinski definition) is 1. The van der Waals surface area contributed by atoms with E-state index in [0.717, 1.165) is 5.56 Å². The lowest BCUT2D eigenvalue weighted by atomic mass is 9.76. The first-order valence-electron chi connectivity index (χ1n) is 7.15. The molecule has 2 aromatic rings. The second kappa shape index (κ2) is 5.18.